The van der Waals surface area contributed by atoms with Crippen molar-refractivity contribution >= 4 is 78.2 Å². The molecule has 0 unspecified atom stereocenters. The zero-order valence-corrected chi connectivity index (χ0v) is 25.3. The number of rotatable bonds is 2. The molecule has 0 bridgehead atoms. The van der Waals surface area contributed by atoms with Gasteiger partial charge in [-0.2, -0.15) is 39.5 Å². The molecular formula is C28H11F9I2N2O2. The number of hydrogen-bond acceptors (Lipinski definition) is 4. The molecule has 6 aromatic rings. The van der Waals surface area contributed by atoms with Gasteiger partial charge in [-0.05, 0) is 70.8 Å². The number of hydrogen-bond donors (Lipinski definition) is 0. The summed E-state index contributed by atoms with van der Waals surface area (Å²) in [6, 6.07) is 7.18. The van der Waals surface area contributed by atoms with E-state index >= 15 is 0 Å². The summed E-state index contributed by atoms with van der Waals surface area (Å²) in [7, 11) is 0. The van der Waals surface area contributed by atoms with E-state index in [0.717, 1.165) is 18.2 Å². The van der Waals surface area contributed by atoms with Crippen LogP contribution < -0.4 is 0 Å². The first-order valence-electron chi connectivity index (χ1n) is 11.9. The minimum Gasteiger partial charge on any atom is -0.431 e. The summed E-state index contributed by atoms with van der Waals surface area (Å²) < 4.78 is 136. The fraction of sp³-hybridized carbons (Fsp3) is 0.143. The van der Waals surface area contributed by atoms with Crippen LogP contribution in [0.25, 0.3) is 55.2 Å². The van der Waals surface area contributed by atoms with Crippen molar-refractivity contribution < 1.29 is 48.3 Å². The highest BCUT2D eigenvalue weighted by atomic mass is 127. The first-order valence-corrected chi connectivity index (χ1v) is 14.1. The van der Waals surface area contributed by atoms with Gasteiger partial charge in [-0.3, -0.25) is 0 Å². The van der Waals surface area contributed by atoms with Gasteiger partial charge < -0.3 is 8.83 Å². The van der Waals surface area contributed by atoms with Crippen LogP contribution in [-0.2, 0) is 18.5 Å². The lowest BCUT2D eigenvalue weighted by molar-refractivity contribution is -0.143. The normalized spacial score (nSPS) is 13.1. The zero-order valence-electron chi connectivity index (χ0n) is 21.0. The third-order valence-corrected chi connectivity index (χ3v) is 7.77. The van der Waals surface area contributed by atoms with Crippen molar-refractivity contribution in [3.05, 3.63) is 78.6 Å². The van der Waals surface area contributed by atoms with Crippen LogP contribution in [0.2, 0.25) is 0 Å². The molecule has 2 heterocycles. The molecular weight excluding hydrogens is 821 g/mol. The van der Waals surface area contributed by atoms with Crippen molar-refractivity contribution in [1.29, 1.82) is 0 Å². The van der Waals surface area contributed by atoms with Crippen LogP contribution >= 0.6 is 45.2 Å². The number of nitrogens with zero attached hydrogens (tertiary/aromatic N) is 2. The quantitative estimate of drug-likeness (QED) is 0.129. The topological polar surface area (TPSA) is 52.1 Å². The Morgan fingerprint density at radius 2 is 1.02 bits per heavy atom. The van der Waals surface area contributed by atoms with Gasteiger partial charge in [0.2, 0.25) is 0 Å². The molecule has 0 aliphatic heterocycles. The number of benzene rings is 4. The van der Waals surface area contributed by atoms with E-state index in [-0.39, 0.29) is 69.1 Å². The Morgan fingerprint density at radius 3 is 1.47 bits per heavy atom. The molecule has 0 N–H and O–H groups in total. The predicted octanol–water partition coefficient (Wildman–Crippen LogP) is 11.0. The monoisotopic (exact) mass is 832 g/mol. The van der Waals surface area contributed by atoms with Gasteiger partial charge in [0.05, 0.1) is 16.7 Å². The van der Waals surface area contributed by atoms with Crippen molar-refractivity contribution in [3.8, 4) is 22.3 Å². The van der Waals surface area contributed by atoms with Crippen molar-refractivity contribution in [2.24, 2.45) is 0 Å². The van der Waals surface area contributed by atoms with E-state index in [0.29, 0.717) is 6.07 Å². The Morgan fingerprint density at radius 1 is 0.581 bits per heavy atom. The zero-order chi connectivity index (χ0) is 31.2. The van der Waals surface area contributed by atoms with Gasteiger partial charge in [-0.1, -0.05) is 12.1 Å². The lowest BCUT2D eigenvalue weighted by atomic mass is 9.87. The first kappa shape index (κ1) is 30.0. The number of fused-ring (bicyclic) bond motifs is 3. The molecule has 15 heteroatoms. The van der Waals surface area contributed by atoms with E-state index in [9.17, 15) is 39.5 Å². The van der Waals surface area contributed by atoms with Crippen LogP contribution in [0.4, 0.5) is 39.5 Å². The van der Waals surface area contributed by atoms with Crippen LogP contribution in [0.15, 0.2) is 57.4 Å². The lowest BCUT2D eigenvalue weighted by Gasteiger charge is -2.19. The van der Waals surface area contributed by atoms with E-state index in [2.05, 4.69) is 9.97 Å². The summed E-state index contributed by atoms with van der Waals surface area (Å²) in [4.78, 5) is 8.54. The Balaban J connectivity index is 1.80. The summed E-state index contributed by atoms with van der Waals surface area (Å²) in [5.74, 6) is 0. The molecule has 0 atom stereocenters. The summed E-state index contributed by atoms with van der Waals surface area (Å²) in [6.45, 7) is 1.44. The second-order valence-corrected chi connectivity index (χ2v) is 11.4. The molecule has 0 aliphatic carbocycles. The van der Waals surface area contributed by atoms with Gasteiger partial charge in [0, 0.05) is 56.3 Å². The highest BCUT2D eigenvalue weighted by molar-refractivity contribution is 14.1. The van der Waals surface area contributed by atoms with E-state index in [1.165, 1.54) is 25.1 Å². The Labute approximate surface area is 261 Å². The third kappa shape index (κ3) is 5.21. The van der Waals surface area contributed by atoms with Gasteiger partial charge in [0.1, 0.15) is 11.0 Å². The number of alkyl halides is 9. The molecule has 0 aliphatic rings. The summed E-state index contributed by atoms with van der Waals surface area (Å²) >= 11 is 3.48. The molecule has 0 saturated carbocycles. The van der Waals surface area contributed by atoms with E-state index in [1.807, 2.05) is 0 Å². The van der Waals surface area contributed by atoms with Gasteiger partial charge >= 0.3 is 18.5 Å². The van der Waals surface area contributed by atoms with Crippen LogP contribution in [0.3, 0.4) is 0 Å². The molecule has 0 saturated heterocycles. The Bertz CT molecular complexity index is 2090. The number of aryl methyl sites for hydroxylation is 1. The van der Waals surface area contributed by atoms with Crippen molar-refractivity contribution in [2.75, 3.05) is 0 Å². The smallest absolute Gasteiger partial charge is 0.417 e. The average Bonchev–Trinajstić information content (AvgIpc) is 3.44. The van der Waals surface area contributed by atoms with E-state index in [4.69, 9.17) is 8.83 Å². The van der Waals surface area contributed by atoms with Crippen molar-refractivity contribution in [3.63, 3.8) is 0 Å². The maximum atomic E-state index is 14.4. The highest BCUT2D eigenvalue weighted by Crippen LogP contribution is 2.49. The van der Waals surface area contributed by atoms with Gasteiger partial charge in [0.15, 0.2) is 11.2 Å². The molecule has 43 heavy (non-hydrogen) atoms. The molecule has 0 fully saturated rings. The molecule has 4 aromatic carbocycles. The second kappa shape index (κ2) is 9.97. The first-order chi connectivity index (χ1) is 19.9. The summed E-state index contributed by atoms with van der Waals surface area (Å²) in [5, 5.41) is 0.292. The second-order valence-electron chi connectivity index (χ2n) is 9.51. The SMILES string of the molecule is Cc1cc(C(F)(F)F)ccc1-c1c2cc3nc(I)oc3c(-c3ccc(C(F)(F)F)cc3C(F)(F)F)c2cc2nc(I)oc12. The molecule has 6 rings (SSSR count). The largest absolute Gasteiger partial charge is 0.431 e. The highest BCUT2D eigenvalue weighted by Gasteiger charge is 2.39. The number of oxazole rings is 2. The number of halogens is 11. The maximum absolute atomic E-state index is 14.4. The van der Waals surface area contributed by atoms with Gasteiger partial charge in [-0.25, -0.2) is 9.97 Å². The van der Waals surface area contributed by atoms with Crippen LogP contribution in [0, 0.1) is 14.7 Å². The van der Waals surface area contributed by atoms with Crippen molar-refractivity contribution in [1.82, 2.24) is 9.97 Å². The van der Waals surface area contributed by atoms with Gasteiger partial charge in [0.25, 0.3) is 7.79 Å². The fourth-order valence-corrected chi connectivity index (χ4v) is 6.04. The molecule has 4 nitrogen and oxygen atoms in total. The number of aromatic nitrogens is 2. The lowest BCUT2D eigenvalue weighted by Crippen LogP contribution is -2.12. The fourth-order valence-electron chi connectivity index (χ4n) is 5.08. The minimum atomic E-state index is -5.21. The molecule has 0 spiro atoms. The van der Waals surface area contributed by atoms with E-state index in [1.54, 1.807) is 45.2 Å². The Hall–Kier alpha value is -3.09. The molecule has 222 valence electrons. The van der Waals surface area contributed by atoms with Crippen molar-refractivity contribution in [2.45, 2.75) is 25.5 Å². The molecule has 2 aromatic heterocycles. The summed E-state index contributed by atoms with van der Waals surface area (Å²) in [5.41, 5.74) is -3.90. The van der Waals surface area contributed by atoms with Gasteiger partial charge in [-0.15, -0.1) is 0 Å². The van der Waals surface area contributed by atoms with Crippen LogP contribution in [-0.4, -0.2) is 9.97 Å². The molecule has 0 radical (unpaired) electrons. The third-order valence-electron chi connectivity index (χ3n) is 6.84. The standard InChI is InChI=1S/C28H11F9I2N2O2/c1-10-6-11(26(29,30)31)2-4-13(10)20-15-8-19-23(43-25(39)41-19)21(16(15)9-18-22(20)42-24(38)40-18)14-5-3-12(27(32,33)34)7-17(14)28(35,36)37/h2-9H,1H3. The minimum absolute atomic E-state index is 0.0276. The van der Waals surface area contributed by atoms with E-state index < -0.39 is 40.8 Å². The molecule has 0 amide bonds. The maximum Gasteiger partial charge on any atom is 0.417 e. The average molecular weight is 832 g/mol. The summed E-state index contributed by atoms with van der Waals surface area (Å²) in [6.07, 6.45) is -14.9. The van der Waals surface area contributed by atoms with Crippen LogP contribution in [0.1, 0.15) is 22.3 Å². The Kier molecular flexibility index (Phi) is 6.94. The predicted molar refractivity (Wildman–Crippen MR) is 155 cm³/mol. The van der Waals surface area contributed by atoms with Crippen LogP contribution in [0.5, 0.6) is 0 Å².